The van der Waals surface area contributed by atoms with Crippen LogP contribution in [-0.2, 0) is 4.20 Å². The minimum absolute atomic E-state index is 0.0384. The number of aromatic nitrogens is 4. The molecule has 2 aromatic heterocycles. The zero-order valence-corrected chi connectivity index (χ0v) is 17.8. The molecule has 0 saturated carbocycles. The van der Waals surface area contributed by atoms with E-state index in [1.54, 1.807) is 0 Å². The molecule has 0 saturated heterocycles. The van der Waals surface area contributed by atoms with Crippen molar-refractivity contribution < 1.29 is 18.9 Å². The number of fused-ring (bicyclic) bond motifs is 1. The number of nitro groups is 1. The molecule has 2 atom stereocenters. The summed E-state index contributed by atoms with van der Waals surface area (Å²) in [7, 11) is 0. The molecule has 3 aromatic rings. The maximum absolute atomic E-state index is 14.0. The Bertz CT molecular complexity index is 1080. The number of hydrogen-bond donors (Lipinski definition) is 5. The Hall–Kier alpha value is -2.07. The van der Waals surface area contributed by atoms with E-state index >= 15 is 0 Å². The molecule has 0 spiro atoms. The number of H-pyrrole nitrogens is 1. The zero-order valence-electron chi connectivity index (χ0n) is 13.8. The highest BCUT2D eigenvalue weighted by molar-refractivity contribution is 9.12. The second-order valence-corrected chi connectivity index (χ2v) is 11.0. The van der Waals surface area contributed by atoms with Gasteiger partial charge in [0.2, 0.25) is 4.20 Å². The van der Waals surface area contributed by atoms with Crippen molar-refractivity contribution in [2.75, 3.05) is 5.32 Å². The van der Waals surface area contributed by atoms with Crippen LogP contribution in [-0.4, -0.2) is 37.8 Å². The number of benzene rings is 1. The van der Waals surface area contributed by atoms with Gasteiger partial charge in [0, 0.05) is 6.07 Å². The first-order chi connectivity index (χ1) is 13.5. The first kappa shape index (κ1) is 21.6. The number of nitrogens with two attached hydrogens (primary N) is 1. The largest absolute Gasteiger partial charge is 0.508 e. The van der Waals surface area contributed by atoms with E-state index in [4.69, 9.17) is 17.3 Å². The van der Waals surface area contributed by atoms with Gasteiger partial charge in [0.1, 0.15) is 21.3 Å². The highest BCUT2D eigenvalue weighted by Gasteiger charge is 2.48. The van der Waals surface area contributed by atoms with Crippen LogP contribution in [0.1, 0.15) is 5.82 Å². The summed E-state index contributed by atoms with van der Waals surface area (Å²) in [5, 5.41) is 33.3. The molecule has 1 aromatic carbocycles. The molecule has 11 nitrogen and oxygen atoms in total. The maximum Gasteiger partial charge on any atom is 0.287 e. The molecule has 0 radical (unpaired) electrons. The number of alkyl halides is 3. The van der Waals surface area contributed by atoms with E-state index in [-0.39, 0.29) is 63.7 Å². The van der Waals surface area contributed by atoms with Gasteiger partial charge in [-0.1, -0.05) is 11.6 Å². The number of phenols is 2. The summed E-state index contributed by atoms with van der Waals surface area (Å²) in [6.45, 7) is 0. The lowest BCUT2D eigenvalue weighted by atomic mass is 10.2. The SMILES string of the molecule is NC(S[N+](=O)[O-])(SC(F)(Cl)Br)c1nc(Nc2ccc(O)cc2O)c2[nH]cnc2n1. The summed E-state index contributed by atoms with van der Waals surface area (Å²) in [4.78, 5) is 26.1. The summed E-state index contributed by atoms with van der Waals surface area (Å²) in [5.41, 5.74) is 6.55. The van der Waals surface area contributed by atoms with Gasteiger partial charge in [-0.2, -0.15) is 0 Å². The first-order valence-electron chi connectivity index (χ1n) is 7.37. The van der Waals surface area contributed by atoms with Crippen molar-refractivity contribution in [3.8, 4) is 11.5 Å². The maximum atomic E-state index is 14.0. The Morgan fingerprint density at radius 3 is 2.76 bits per heavy atom. The van der Waals surface area contributed by atoms with Crippen molar-refractivity contribution in [2.24, 2.45) is 5.73 Å². The second kappa shape index (κ2) is 7.98. The molecule has 0 aliphatic carbocycles. The number of anilines is 2. The monoisotopic (exact) mass is 525 g/mol. The molecule has 0 aliphatic rings. The van der Waals surface area contributed by atoms with E-state index < -0.39 is 11.9 Å². The van der Waals surface area contributed by atoms with Crippen LogP contribution in [0.5, 0.6) is 11.5 Å². The minimum atomic E-state index is -2.64. The Balaban J connectivity index is 2.12. The van der Waals surface area contributed by atoms with Crippen molar-refractivity contribution in [3.63, 3.8) is 0 Å². The molecular weight excluding hydrogens is 517 g/mol. The third kappa shape index (κ3) is 5.11. The van der Waals surface area contributed by atoms with Gasteiger partial charge in [0.05, 0.1) is 12.0 Å². The average molecular weight is 527 g/mol. The standard InChI is InChI=1S/C13H10BrClFN7O4S2/c14-13(15,16)28-12(17,29-23(26)27)11-21-9-8(18-4-19-9)10(22-11)20-6-2-1-5(24)3-7(6)25/h1-4,24-25H,17H2,(H2,18,19,20,21,22). The van der Waals surface area contributed by atoms with Gasteiger partial charge in [0.15, 0.2) is 17.3 Å². The smallest absolute Gasteiger partial charge is 0.287 e. The normalized spacial score (nSPS) is 15.6. The highest BCUT2D eigenvalue weighted by atomic mass is 79.9. The predicted octanol–water partition coefficient (Wildman–Crippen LogP) is 3.45. The van der Waals surface area contributed by atoms with Crippen molar-refractivity contribution >= 4 is 73.9 Å². The fraction of sp³-hybridized carbons (Fsp3) is 0.154. The second-order valence-electron chi connectivity index (χ2n) is 5.35. The molecule has 0 bridgehead atoms. The van der Waals surface area contributed by atoms with Crippen molar-refractivity contribution in [2.45, 2.75) is 7.57 Å². The predicted molar refractivity (Wildman–Crippen MR) is 111 cm³/mol. The van der Waals surface area contributed by atoms with E-state index in [9.17, 15) is 24.7 Å². The van der Waals surface area contributed by atoms with Crippen LogP contribution in [0, 0.1) is 10.1 Å². The molecule has 29 heavy (non-hydrogen) atoms. The van der Waals surface area contributed by atoms with E-state index in [2.05, 4.69) is 41.2 Å². The zero-order chi connectivity index (χ0) is 21.4. The highest BCUT2D eigenvalue weighted by Crippen LogP contribution is 2.52. The van der Waals surface area contributed by atoms with E-state index in [1.165, 1.54) is 18.5 Å². The molecule has 0 fully saturated rings. The number of aromatic amines is 1. The number of thioether (sulfide) groups is 1. The van der Waals surface area contributed by atoms with E-state index in [0.29, 0.717) is 0 Å². The van der Waals surface area contributed by atoms with E-state index in [1.807, 2.05) is 0 Å². The number of hydrogen-bond acceptors (Lipinski definition) is 11. The first-order valence-corrected chi connectivity index (χ1v) is 10.1. The molecule has 0 aliphatic heterocycles. The number of nitrogens with zero attached hydrogens (tertiary/aromatic N) is 4. The number of imidazole rings is 1. The number of rotatable bonds is 7. The topological polar surface area (TPSA) is 176 Å². The van der Waals surface area contributed by atoms with Crippen LogP contribution < -0.4 is 11.1 Å². The summed E-state index contributed by atoms with van der Waals surface area (Å²) in [5.74, 6) is -0.778. The molecule has 3 rings (SSSR count). The molecule has 0 amide bonds. The van der Waals surface area contributed by atoms with Gasteiger partial charge < -0.3 is 20.5 Å². The molecule has 154 valence electrons. The minimum Gasteiger partial charge on any atom is -0.508 e. The fourth-order valence-electron chi connectivity index (χ4n) is 2.22. The van der Waals surface area contributed by atoms with Crippen molar-refractivity contribution in [1.82, 2.24) is 19.9 Å². The van der Waals surface area contributed by atoms with Gasteiger partial charge in [0.25, 0.3) is 15.3 Å². The number of phenolic OH excluding ortho intramolecular Hbond substituents is 2. The molecule has 2 unspecified atom stereocenters. The average Bonchev–Trinajstić information content (AvgIpc) is 3.03. The molecule has 2 heterocycles. The third-order valence-electron chi connectivity index (χ3n) is 3.31. The van der Waals surface area contributed by atoms with Crippen LogP contribution in [0.15, 0.2) is 24.5 Å². The summed E-state index contributed by atoms with van der Waals surface area (Å²) in [6, 6.07) is 3.78. The van der Waals surface area contributed by atoms with Crippen LogP contribution >= 0.6 is 51.2 Å². The Labute approximate surface area is 183 Å². The summed E-state index contributed by atoms with van der Waals surface area (Å²) in [6.07, 6.45) is 1.29. The Morgan fingerprint density at radius 2 is 2.14 bits per heavy atom. The van der Waals surface area contributed by atoms with Crippen LogP contribution in [0.3, 0.4) is 0 Å². The lowest BCUT2D eigenvalue weighted by molar-refractivity contribution is -0.285. The lowest BCUT2D eigenvalue weighted by Crippen LogP contribution is -2.35. The van der Waals surface area contributed by atoms with Crippen LogP contribution in [0.2, 0.25) is 0 Å². The van der Waals surface area contributed by atoms with Gasteiger partial charge in [-0.3, -0.25) is 15.8 Å². The van der Waals surface area contributed by atoms with Crippen LogP contribution in [0.25, 0.3) is 11.2 Å². The van der Waals surface area contributed by atoms with Crippen LogP contribution in [0.4, 0.5) is 15.9 Å². The van der Waals surface area contributed by atoms with Crippen molar-refractivity contribution in [3.05, 3.63) is 40.5 Å². The number of nitrogens with one attached hydrogen (secondary N) is 2. The fourth-order valence-corrected chi connectivity index (χ4v) is 5.41. The van der Waals surface area contributed by atoms with Gasteiger partial charge >= 0.3 is 0 Å². The molecular formula is C13H10BrClFN7O4S2. The van der Waals surface area contributed by atoms with Crippen molar-refractivity contribution in [1.29, 1.82) is 0 Å². The van der Waals surface area contributed by atoms with E-state index in [0.717, 1.165) is 6.07 Å². The summed E-state index contributed by atoms with van der Waals surface area (Å²) < 4.78 is 8.37. The van der Waals surface area contributed by atoms with Gasteiger partial charge in [-0.25, -0.2) is 19.3 Å². The lowest BCUT2D eigenvalue weighted by Gasteiger charge is -2.24. The Kier molecular flexibility index (Phi) is 5.96. The number of halogens is 3. The Morgan fingerprint density at radius 1 is 1.41 bits per heavy atom. The number of aromatic hydroxyl groups is 2. The quantitative estimate of drug-likeness (QED) is 0.0579. The molecule has 16 heteroatoms. The molecule has 6 N–H and O–H groups in total. The van der Waals surface area contributed by atoms with Gasteiger partial charge in [-0.15, -0.1) is 0 Å². The van der Waals surface area contributed by atoms with Gasteiger partial charge in [-0.05, 0) is 39.8 Å². The third-order valence-corrected chi connectivity index (χ3v) is 5.82. The summed E-state index contributed by atoms with van der Waals surface area (Å²) >= 11 is 8.14.